The summed E-state index contributed by atoms with van der Waals surface area (Å²) >= 11 is 8.08. The van der Waals surface area contributed by atoms with E-state index in [1.165, 1.54) is 6.20 Å². The lowest BCUT2D eigenvalue weighted by Crippen LogP contribution is -2.42. The van der Waals surface area contributed by atoms with Gasteiger partial charge >= 0.3 is 0 Å². The van der Waals surface area contributed by atoms with Crippen molar-refractivity contribution in [3.63, 3.8) is 0 Å². The number of aliphatic hydroxyl groups excluding tert-OH is 1. The van der Waals surface area contributed by atoms with Gasteiger partial charge in [0.05, 0.1) is 23.8 Å². The summed E-state index contributed by atoms with van der Waals surface area (Å²) in [7, 11) is 1.58. The number of aromatic nitrogens is 3. The molecule has 1 aliphatic rings. The first kappa shape index (κ1) is 25.1. The summed E-state index contributed by atoms with van der Waals surface area (Å²) in [5.74, 6) is 1.58. The zero-order chi connectivity index (χ0) is 24.0. The van der Waals surface area contributed by atoms with E-state index in [-0.39, 0.29) is 12.0 Å². The summed E-state index contributed by atoms with van der Waals surface area (Å²) in [5.41, 5.74) is 0.885. The Labute approximate surface area is 208 Å². The second-order valence-electron chi connectivity index (χ2n) is 8.80. The molecule has 182 valence electrons. The third-order valence-corrected chi connectivity index (χ3v) is 7.95. The molecule has 1 fully saturated rings. The summed E-state index contributed by atoms with van der Waals surface area (Å²) in [4.78, 5) is 15.1. The van der Waals surface area contributed by atoms with Crippen molar-refractivity contribution in [1.29, 1.82) is 0 Å². The van der Waals surface area contributed by atoms with Crippen molar-refractivity contribution in [2.24, 2.45) is 5.41 Å². The van der Waals surface area contributed by atoms with Crippen LogP contribution in [0.25, 0.3) is 10.9 Å². The minimum absolute atomic E-state index is 0.0700. The molecular weight excluding hydrogens is 475 g/mol. The average Bonchev–Trinajstić information content (AvgIpc) is 2.88. The van der Waals surface area contributed by atoms with Crippen molar-refractivity contribution in [3.8, 4) is 5.75 Å². The van der Waals surface area contributed by atoms with Gasteiger partial charge in [-0.1, -0.05) is 11.6 Å². The first-order valence-electron chi connectivity index (χ1n) is 11.5. The molecule has 1 atom stereocenters. The Morgan fingerprint density at radius 3 is 2.76 bits per heavy atom. The van der Waals surface area contributed by atoms with Gasteiger partial charge in [-0.2, -0.15) is 0 Å². The highest BCUT2D eigenvalue weighted by atomic mass is 35.5. The standard InChI is InChI=1S/C25H30ClFN4O2S/c1-33-18-2-3-22-19(14-18)24(20(26)15-30-22)21(27)4-5-25(17-32)6-10-31(11-7-25)12-13-34-23-16-28-8-9-29-23/h2-3,8-9,14-16,21,32H,4-7,10-13,17H2,1H3/t21-/m1/s1. The molecule has 4 rings (SSSR count). The molecule has 0 spiro atoms. The lowest BCUT2D eigenvalue weighted by Gasteiger charge is -2.41. The number of nitrogens with zero attached hydrogens (tertiary/aromatic N) is 4. The van der Waals surface area contributed by atoms with Crippen molar-refractivity contribution in [2.75, 3.05) is 39.1 Å². The van der Waals surface area contributed by atoms with Crippen LogP contribution in [-0.4, -0.2) is 64.1 Å². The van der Waals surface area contributed by atoms with E-state index in [0.29, 0.717) is 40.1 Å². The number of aliphatic hydroxyl groups is 1. The van der Waals surface area contributed by atoms with Crippen molar-refractivity contribution >= 4 is 34.3 Å². The molecule has 0 radical (unpaired) electrons. The molecule has 1 aromatic carbocycles. The van der Waals surface area contributed by atoms with Gasteiger partial charge in [0.2, 0.25) is 0 Å². The molecule has 0 saturated carbocycles. The molecule has 1 saturated heterocycles. The number of halogens is 2. The molecular formula is C25H30ClFN4O2S. The summed E-state index contributed by atoms with van der Waals surface area (Å²) < 4.78 is 20.9. The molecule has 0 aliphatic carbocycles. The van der Waals surface area contributed by atoms with Gasteiger partial charge < -0.3 is 14.7 Å². The fourth-order valence-electron chi connectivity index (χ4n) is 4.57. The van der Waals surface area contributed by atoms with Crippen LogP contribution in [0, 0.1) is 5.41 Å². The highest BCUT2D eigenvalue weighted by Crippen LogP contribution is 2.41. The molecule has 1 aliphatic heterocycles. The van der Waals surface area contributed by atoms with Crippen molar-refractivity contribution < 1.29 is 14.2 Å². The minimum atomic E-state index is -1.24. The van der Waals surface area contributed by atoms with Gasteiger partial charge in [-0.15, -0.1) is 11.8 Å². The Morgan fingerprint density at radius 2 is 2.06 bits per heavy atom. The average molecular weight is 505 g/mol. The number of fused-ring (bicyclic) bond motifs is 1. The van der Waals surface area contributed by atoms with E-state index in [4.69, 9.17) is 16.3 Å². The van der Waals surface area contributed by atoms with Crippen LogP contribution in [0.15, 0.2) is 48.0 Å². The molecule has 2 aromatic heterocycles. The minimum Gasteiger partial charge on any atom is -0.497 e. The first-order valence-corrected chi connectivity index (χ1v) is 12.9. The number of hydrogen-bond donors (Lipinski definition) is 1. The van der Waals surface area contributed by atoms with Crippen molar-refractivity contribution in [3.05, 3.63) is 53.6 Å². The summed E-state index contributed by atoms with van der Waals surface area (Å²) in [5, 5.41) is 12.1. The Bertz CT molecular complexity index is 1080. The topological polar surface area (TPSA) is 71.4 Å². The lowest BCUT2D eigenvalue weighted by molar-refractivity contribution is 0.0323. The third-order valence-electron chi connectivity index (χ3n) is 6.76. The predicted molar refractivity (Wildman–Crippen MR) is 134 cm³/mol. The summed E-state index contributed by atoms with van der Waals surface area (Å²) in [6.45, 7) is 2.82. The number of benzene rings is 1. The molecule has 0 unspecified atom stereocenters. The quantitative estimate of drug-likeness (QED) is 0.373. The van der Waals surface area contributed by atoms with Gasteiger partial charge in [0.25, 0.3) is 0 Å². The molecule has 9 heteroatoms. The molecule has 3 aromatic rings. The summed E-state index contributed by atoms with van der Waals surface area (Å²) in [6.07, 6.45) is 8.04. The molecule has 1 N–H and O–H groups in total. The van der Waals surface area contributed by atoms with Crippen LogP contribution in [0.4, 0.5) is 4.39 Å². The van der Waals surface area contributed by atoms with Crippen molar-refractivity contribution in [2.45, 2.75) is 36.9 Å². The number of pyridine rings is 1. The maximum atomic E-state index is 15.6. The second-order valence-corrected chi connectivity index (χ2v) is 10.3. The van der Waals surface area contributed by atoms with E-state index in [1.807, 2.05) is 6.07 Å². The highest BCUT2D eigenvalue weighted by molar-refractivity contribution is 7.99. The predicted octanol–water partition coefficient (Wildman–Crippen LogP) is 5.34. The molecule has 0 amide bonds. The molecule has 6 nitrogen and oxygen atoms in total. The number of piperidine rings is 1. The highest BCUT2D eigenvalue weighted by Gasteiger charge is 2.35. The Morgan fingerprint density at radius 1 is 1.24 bits per heavy atom. The van der Waals surface area contributed by atoms with Crippen LogP contribution in [0.3, 0.4) is 0 Å². The number of thioether (sulfide) groups is 1. The number of likely N-dealkylation sites (tertiary alicyclic amines) is 1. The largest absolute Gasteiger partial charge is 0.497 e. The lowest BCUT2D eigenvalue weighted by atomic mass is 9.74. The van der Waals surface area contributed by atoms with E-state index < -0.39 is 6.17 Å². The number of hydrogen-bond acceptors (Lipinski definition) is 7. The van der Waals surface area contributed by atoms with Crippen LogP contribution < -0.4 is 4.74 Å². The maximum absolute atomic E-state index is 15.6. The smallest absolute Gasteiger partial charge is 0.127 e. The van der Waals surface area contributed by atoms with E-state index >= 15 is 4.39 Å². The zero-order valence-electron chi connectivity index (χ0n) is 19.3. The number of ether oxygens (including phenoxy) is 1. The SMILES string of the molecule is COc1ccc2ncc(Cl)c([C@H](F)CCC3(CO)CCN(CCSc4cnccn4)CC3)c2c1. The van der Waals surface area contributed by atoms with E-state index in [0.717, 1.165) is 43.3 Å². The number of methoxy groups -OCH3 is 1. The van der Waals surface area contributed by atoms with Gasteiger partial charge in [0.1, 0.15) is 16.9 Å². The first-order chi connectivity index (χ1) is 16.5. The summed E-state index contributed by atoms with van der Waals surface area (Å²) in [6, 6.07) is 5.41. The Hall–Kier alpha value is -2.00. The normalized spacial score (nSPS) is 17.1. The Balaban J connectivity index is 1.34. The van der Waals surface area contributed by atoms with Crippen LogP contribution in [-0.2, 0) is 0 Å². The van der Waals surface area contributed by atoms with E-state index in [2.05, 4.69) is 19.9 Å². The van der Waals surface area contributed by atoms with Gasteiger partial charge in [0, 0.05) is 48.4 Å². The van der Waals surface area contributed by atoms with Crippen LogP contribution in [0.2, 0.25) is 5.02 Å². The number of alkyl halides is 1. The van der Waals surface area contributed by atoms with E-state index in [9.17, 15) is 5.11 Å². The van der Waals surface area contributed by atoms with E-state index in [1.54, 1.807) is 49.6 Å². The molecule has 0 bridgehead atoms. The fraction of sp³-hybridized carbons (Fsp3) is 0.480. The molecule has 34 heavy (non-hydrogen) atoms. The Kier molecular flexibility index (Phi) is 8.58. The monoisotopic (exact) mass is 504 g/mol. The third kappa shape index (κ3) is 5.97. The maximum Gasteiger partial charge on any atom is 0.127 e. The van der Waals surface area contributed by atoms with Gasteiger partial charge in [-0.25, -0.2) is 9.37 Å². The van der Waals surface area contributed by atoms with Gasteiger partial charge in [-0.05, 0) is 62.4 Å². The van der Waals surface area contributed by atoms with Crippen LogP contribution in [0.5, 0.6) is 5.75 Å². The zero-order valence-corrected chi connectivity index (χ0v) is 20.9. The number of rotatable bonds is 10. The van der Waals surface area contributed by atoms with Gasteiger partial charge in [-0.3, -0.25) is 9.97 Å². The van der Waals surface area contributed by atoms with Gasteiger partial charge in [0.15, 0.2) is 0 Å². The molecule has 3 heterocycles. The van der Waals surface area contributed by atoms with Crippen LogP contribution >= 0.6 is 23.4 Å². The van der Waals surface area contributed by atoms with Crippen molar-refractivity contribution in [1.82, 2.24) is 19.9 Å². The van der Waals surface area contributed by atoms with Crippen LogP contribution in [0.1, 0.15) is 37.4 Å². The second kappa shape index (κ2) is 11.6. The fourth-order valence-corrected chi connectivity index (χ4v) is 5.67.